The number of aliphatic hydroxyl groups excluding tert-OH is 1. The van der Waals surface area contributed by atoms with Crippen molar-refractivity contribution in [3.8, 4) is 0 Å². The smallest absolute Gasteiger partial charge is 0.237 e. The predicted octanol–water partition coefficient (Wildman–Crippen LogP) is 0.396. The van der Waals surface area contributed by atoms with Crippen LogP contribution in [-0.2, 0) is 11.3 Å². The van der Waals surface area contributed by atoms with Gasteiger partial charge in [-0.1, -0.05) is 0 Å². The maximum Gasteiger partial charge on any atom is 0.237 e. The summed E-state index contributed by atoms with van der Waals surface area (Å²) in [7, 11) is 0. The topological polar surface area (TPSA) is 61.4 Å². The molecule has 2 rings (SSSR count). The lowest BCUT2D eigenvalue weighted by Crippen LogP contribution is -2.40. The fraction of sp³-hybridized carbons (Fsp3) is 0.545. The molecule has 0 saturated carbocycles. The summed E-state index contributed by atoms with van der Waals surface area (Å²) in [6.07, 6.45) is 0.118. The number of rotatable bonds is 3. The Balaban J connectivity index is 1.82. The summed E-state index contributed by atoms with van der Waals surface area (Å²) in [4.78, 5) is 11.7. The third-order valence-electron chi connectivity index (χ3n) is 2.84. The molecule has 1 aliphatic rings. The van der Waals surface area contributed by atoms with Crippen molar-refractivity contribution < 1.29 is 9.90 Å². The monoisotopic (exact) mass is 240 g/mol. The predicted molar refractivity (Wildman–Crippen MR) is 63.3 cm³/mol. The van der Waals surface area contributed by atoms with Crippen LogP contribution < -0.4 is 10.6 Å². The molecule has 0 spiro atoms. The molecule has 0 aromatic carbocycles. The molecule has 1 aliphatic heterocycles. The first-order chi connectivity index (χ1) is 7.66. The Hall–Kier alpha value is -0.910. The summed E-state index contributed by atoms with van der Waals surface area (Å²) in [5.41, 5.74) is 2.38. The van der Waals surface area contributed by atoms with Gasteiger partial charge in [-0.2, -0.15) is 11.3 Å². The lowest BCUT2D eigenvalue weighted by atomic mass is 10.2. The van der Waals surface area contributed by atoms with E-state index in [-0.39, 0.29) is 11.9 Å². The highest BCUT2D eigenvalue weighted by Gasteiger charge is 2.27. The first kappa shape index (κ1) is 11.6. The average Bonchev–Trinajstić information content (AvgIpc) is 2.84. The van der Waals surface area contributed by atoms with Gasteiger partial charge in [0, 0.05) is 13.1 Å². The Morgan fingerprint density at radius 1 is 1.69 bits per heavy atom. The third-order valence-corrected chi connectivity index (χ3v) is 3.75. The number of aryl methyl sites for hydroxylation is 1. The Bertz CT molecular complexity index is 378. The van der Waals surface area contributed by atoms with E-state index in [1.807, 2.05) is 12.3 Å². The van der Waals surface area contributed by atoms with Crippen molar-refractivity contribution in [2.24, 2.45) is 0 Å². The van der Waals surface area contributed by atoms with Crippen LogP contribution in [0.2, 0.25) is 0 Å². The molecule has 88 valence electrons. The van der Waals surface area contributed by atoms with Crippen LogP contribution in [0.4, 0.5) is 0 Å². The van der Waals surface area contributed by atoms with Crippen LogP contribution in [0.1, 0.15) is 17.5 Å². The second-order valence-electron chi connectivity index (χ2n) is 4.15. The molecule has 4 nitrogen and oxygen atoms in total. The number of thiophene rings is 1. The van der Waals surface area contributed by atoms with Crippen molar-refractivity contribution in [2.75, 3.05) is 6.54 Å². The second-order valence-corrected chi connectivity index (χ2v) is 4.89. The number of hydrogen-bond donors (Lipinski definition) is 3. The molecule has 5 heteroatoms. The van der Waals surface area contributed by atoms with E-state index in [0.717, 1.165) is 5.56 Å². The quantitative estimate of drug-likeness (QED) is 0.716. The normalized spacial score (nSPS) is 24.6. The van der Waals surface area contributed by atoms with Gasteiger partial charge in [0.1, 0.15) is 0 Å². The molecule has 1 fully saturated rings. The van der Waals surface area contributed by atoms with Crippen LogP contribution in [0.25, 0.3) is 0 Å². The van der Waals surface area contributed by atoms with Gasteiger partial charge in [0.25, 0.3) is 0 Å². The standard InChI is InChI=1S/C11H16N2O2S/c1-7-5-16-6-8(7)3-13-11(15)10-2-9(14)4-12-10/h5-6,9-10,12,14H,2-4H2,1H3,(H,13,15). The van der Waals surface area contributed by atoms with Gasteiger partial charge in [-0.15, -0.1) is 0 Å². The minimum atomic E-state index is -0.390. The summed E-state index contributed by atoms with van der Waals surface area (Å²) >= 11 is 1.64. The fourth-order valence-corrected chi connectivity index (χ4v) is 2.65. The van der Waals surface area contributed by atoms with E-state index in [1.54, 1.807) is 11.3 Å². The van der Waals surface area contributed by atoms with E-state index in [4.69, 9.17) is 0 Å². The van der Waals surface area contributed by atoms with Gasteiger partial charge in [-0.05, 0) is 35.2 Å². The Kier molecular flexibility index (Phi) is 3.58. The maximum atomic E-state index is 11.7. The van der Waals surface area contributed by atoms with Crippen LogP contribution in [0.3, 0.4) is 0 Å². The van der Waals surface area contributed by atoms with Gasteiger partial charge in [0.2, 0.25) is 5.91 Å². The summed E-state index contributed by atoms with van der Waals surface area (Å²) in [5, 5.41) is 19.3. The molecular weight excluding hydrogens is 224 g/mol. The van der Waals surface area contributed by atoms with Gasteiger partial charge in [-0.25, -0.2) is 0 Å². The lowest BCUT2D eigenvalue weighted by Gasteiger charge is -2.10. The summed E-state index contributed by atoms with van der Waals surface area (Å²) < 4.78 is 0. The van der Waals surface area contributed by atoms with Crippen molar-refractivity contribution in [2.45, 2.75) is 32.0 Å². The van der Waals surface area contributed by atoms with Crippen molar-refractivity contribution in [1.29, 1.82) is 0 Å². The maximum absolute atomic E-state index is 11.7. The van der Waals surface area contributed by atoms with Gasteiger partial charge < -0.3 is 15.7 Å². The highest BCUT2D eigenvalue weighted by Crippen LogP contribution is 2.13. The Morgan fingerprint density at radius 2 is 2.50 bits per heavy atom. The lowest BCUT2D eigenvalue weighted by molar-refractivity contribution is -0.123. The largest absolute Gasteiger partial charge is 0.392 e. The molecule has 0 bridgehead atoms. The number of carbonyl (C=O) groups excluding carboxylic acids is 1. The minimum Gasteiger partial charge on any atom is -0.392 e. The number of hydrogen-bond acceptors (Lipinski definition) is 4. The number of aliphatic hydroxyl groups is 1. The number of nitrogens with one attached hydrogen (secondary N) is 2. The number of carbonyl (C=O) groups is 1. The molecule has 2 unspecified atom stereocenters. The molecule has 2 atom stereocenters. The van der Waals surface area contributed by atoms with E-state index in [1.165, 1.54) is 5.56 Å². The highest BCUT2D eigenvalue weighted by molar-refractivity contribution is 7.08. The van der Waals surface area contributed by atoms with E-state index in [2.05, 4.69) is 16.0 Å². The van der Waals surface area contributed by atoms with E-state index in [0.29, 0.717) is 19.5 Å². The number of amides is 1. The molecule has 0 aliphatic carbocycles. The van der Waals surface area contributed by atoms with Crippen molar-refractivity contribution in [3.63, 3.8) is 0 Å². The summed E-state index contributed by atoms with van der Waals surface area (Å²) in [6.45, 7) is 3.12. The zero-order valence-electron chi connectivity index (χ0n) is 9.19. The fourth-order valence-electron chi connectivity index (χ4n) is 1.79. The molecule has 1 aromatic heterocycles. The summed E-state index contributed by atoms with van der Waals surface area (Å²) in [5.74, 6) is -0.0258. The molecule has 1 amide bonds. The molecule has 1 saturated heterocycles. The van der Waals surface area contributed by atoms with E-state index < -0.39 is 6.10 Å². The zero-order valence-corrected chi connectivity index (χ0v) is 10.0. The van der Waals surface area contributed by atoms with E-state index in [9.17, 15) is 9.90 Å². The molecule has 0 radical (unpaired) electrons. The molecule has 2 heterocycles. The first-order valence-electron chi connectivity index (χ1n) is 5.37. The Morgan fingerprint density at radius 3 is 3.06 bits per heavy atom. The third kappa shape index (κ3) is 2.61. The first-order valence-corrected chi connectivity index (χ1v) is 6.32. The zero-order chi connectivity index (χ0) is 11.5. The van der Waals surface area contributed by atoms with Crippen LogP contribution >= 0.6 is 11.3 Å². The molecule has 1 aromatic rings. The number of β-amino-alcohol motifs (C(OH)–C–C–N with tert-alkyl or cyclic N) is 1. The van der Waals surface area contributed by atoms with Crippen molar-refractivity contribution in [1.82, 2.24) is 10.6 Å². The van der Waals surface area contributed by atoms with Gasteiger partial charge in [-0.3, -0.25) is 4.79 Å². The van der Waals surface area contributed by atoms with Crippen LogP contribution in [-0.4, -0.2) is 29.7 Å². The average molecular weight is 240 g/mol. The molecule has 3 N–H and O–H groups in total. The SMILES string of the molecule is Cc1cscc1CNC(=O)C1CC(O)CN1. The van der Waals surface area contributed by atoms with Gasteiger partial charge >= 0.3 is 0 Å². The van der Waals surface area contributed by atoms with Gasteiger partial charge in [0.05, 0.1) is 12.1 Å². The highest BCUT2D eigenvalue weighted by atomic mass is 32.1. The summed E-state index contributed by atoms with van der Waals surface area (Å²) in [6, 6.07) is -0.242. The molecule has 16 heavy (non-hydrogen) atoms. The van der Waals surface area contributed by atoms with Crippen LogP contribution in [0, 0.1) is 6.92 Å². The van der Waals surface area contributed by atoms with Crippen LogP contribution in [0.5, 0.6) is 0 Å². The van der Waals surface area contributed by atoms with Crippen molar-refractivity contribution in [3.05, 3.63) is 21.9 Å². The van der Waals surface area contributed by atoms with Crippen molar-refractivity contribution >= 4 is 17.2 Å². The minimum absolute atomic E-state index is 0.0258. The Labute approximate surface area is 98.7 Å². The second kappa shape index (κ2) is 4.95. The molecular formula is C11H16N2O2S. The van der Waals surface area contributed by atoms with Gasteiger partial charge in [0.15, 0.2) is 0 Å². The van der Waals surface area contributed by atoms with E-state index >= 15 is 0 Å². The van der Waals surface area contributed by atoms with Crippen LogP contribution in [0.15, 0.2) is 10.8 Å².